The van der Waals surface area contributed by atoms with Crippen molar-refractivity contribution in [2.45, 2.75) is 78.1 Å². The number of hydrogen-bond donors (Lipinski definition) is 0. The van der Waals surface area contributed by atoms with Gasteiger partial charge in [0.2, 0.25) is 0 Å². The predicted molar refractivity (Wildman–Crippen MR) is 168 cm³/mol. The third kappa shape index (κ3) is 6.38. The second-order valence-corrected chi connectivity index (χ2v) is 13.4. The molecule has 2 aromatic carbocycles. The summed E-state index contributed by atoms with van der Waals surface area (Å²) in [6.07, 6.45) is 10.8. The number of rotatable bonds is 12. The number of nitrogens with zero attached hydrogens (tertiary/aromatic N) is 4. The van der Waals surface area contributed by atoms with Crippen LogP contribution in [0.5, 0.6) is 0 Å². The molecule has 38 heavy (non-hydrogen) atoms. The highest BCUT2D eigenvalue weighted by Gasteiger charge is 2.28. The minimum Gasteiger partial charge on any atom is -0.143 e. The van der Waals surface area contributed by atoms with E-state index in [0.29, 0.717) is 31.9 Å². The van der Waals surface area contributed by atoms with Gasteiger partial charge in [-0.1, -0.05) is 145 Å². The fraction of sp³-hybridized carbons (Fsp3) is 0.462. The molecule has 2 heterocycles. The quantitative estimate of drug-likeness (QED) is 0.111. The zero-order valence-corrected chi connectivity index (χ0v) is 27.1. The van der Waals surface area contributed by atoms with E-state index in [9.17, 15) is 0 Å². The zero-order chi connectivity index (χ0) is 27.4. The summed E-state index contributed by atoms with van der Waals surface area (Å²) in [5.74, 6) is 0. The Morgan fingerprint density at radius 3 is 1.24 bits per heavy atom. The molecule has 0 aliphatic heterocycles. The maximum atomic E-state index is 6.91. The standard InChI is InChI=1S/C26H26Cl6N4S2/c1-3-5-7-9-11-13-33-35-25(37-13)17-19(27)15-16(21(29)23(17)31)20(28)18(24(32)22(15)30)26-36-34-14(38-26)12-10-8-6-4-2/h3-12H2,1-2H3. The molecule has 4 nitrogen and oxygen atoms in total. The lowest BCUT2D eigenvalue weighted by Crippen LogP contribution is -1.92. The van der Waals surface area contributed by atoms with Gasteiger partial charge < -0.3 is 0 Å². The van der Waals surface area contributed by atoms with E-state index in [2.05, 4.69) is 34.2 Å². The van der Waals surface area contributed by atoms with Crippen molar-refractivity contribution in [3.63, 3.8) is 0 Å². The molecule has 0 fully saturated rings. The lowest BCUT2D eigenvalue weighted by molar-refractivity contribution is 0.663. The van der Waals surface area contributed by atoms with Gasteiger partial charge in [-0.05, 0) is 12.8 Å². The molecule has 0 bridgehead atoms. The van der Waals surface area contributed by atoms with Crippen LogP contribution in [0.15, 0.2) is 0 Å². The Kier molecular flexibility index (Phi) is 11.2. The smallest absolute Gasteiger partial charge is 0.143 e. The van der Waals surface area contributed by atoms with Gasteiger partial charge in [-0.3, -0.25) is 0 Å². The Bertz CT molecular complexity index is 1330. The molecule has 2 aromatic heterocycles. The largest absolute Gasteiger partial charge is 0.150 e. The predicted octanol–water partition coefficient (Wildman–Crippen LogP) is 12.0. The molecule has 0 aliphatic rings. The van der Waals surface area contributed by atoms with Gasteiger partial charge in [-0.25, -0.2) is 0 Å². The average molecular weight is 671 g/mol. The molecule has 0 unspecified atom stereocenters. The van der Waals surface area contributed by atoms with Crippen molar-refractivity contribution >= 4 is 103 Å². The number of aryl methyl sites for hydroxylation is 2. The van der Waals surface area contributed by atoms with E-state index in [1.54, 1.807) is 0 Å². The number of fused-ring (bicyclic) bond motifs is 1. The van der Waals surface area contributed by atoms with Crippen LogP contribution in [0.1, 0.15) is 75.2 Å². The Hall–Kier alpha value is -0.440. The molecule has 0 saturated heterocycles. The fourth-order valence-electron chi connectivity index (χ4n) is 4.21. The molecular formula is C26H26Cl6N4S2. The Balaban J connectivity index is 1.76. The van der Waals surface area contributed by atoms with E-state index in [1.165, 1.54) is 48.4 Å². The van der Waals surface area contributed by atoms with Crippen molar-refractivity contribution in [1.82, 2.24) is 20.4 Å². The summed E-state index contributed by atoms with van der Waals surface area (Å²) >= 11 is 43.9. The van der Waals surface area contributed by atoms with Crippen LogP contribution in [0.25, 0.3) is 31.9 Å². The second-order valence-electron chi connectivity index (χ2n) is 9.01. The highest BCUT2D eigenvalue weighted by Crippen LogP contribution is 2.54. The summed E-state index contributed by atoms with van der Waals surface area (Å²) in [7, 11) is 0. The van der Waals surface area contributed by atoms with E-state index < -0.39 is 0 Å². The van der Waals surface area contributed by atoms with E-state index in [-0.39, 0.29) is 30.1 Å². The van der Waals surface area contributed by atoms with Crippen LogP contribution >= 0.6 is 92.3 Å². The van der Waals surface area contributed by atoms with Crippen LogP contribution in [0, 0.1) is 0 Å². The molecule has 4 aromatic rings. The summed E-state index contributed by atoms with van der Waals surface area (Å²) in [5.41, 5.74) is 0.936. The third-order valence-electron chi connectivity index (χ3n) is 6.24. The number of hydrogen-bond acceptors (Lipinski definition) is 6. The molecule has 0 N–H and O–H groups in total. The molecule has 0 radical (unpaired) electrons. The average Bonchev–Trinajstić information content (AvgIpc) is 3.56. The van der Waals surface area contributed by atoms with Crippen molar-refractivity contribution in [2.24, 2.45) is 0 Å². The molecule has 204 valence electrons. The number of aromatic nitrogens is 4. The second kappa shape index (κ2) is 14.0. The Labute approximate surface area is 261 Å². The molecule has 0 spiro atoms. The summed E-state index contributed by atoms with van der Waals surface area (Å²) in [6, 6.07) is 0. The lowest BCUT2D eigenvalue weighted by atomic mass is 10.0. The van der Waals surface area contributed by atoms with E-state index in [1.807, 2.05) is 0 Å². The van der Waals surface area contributed by atoms with Gasteiger partial charge in [0, 0.05) is 23.6 Å². The van der Waals surface area contributed by atoms with E-state index >= 15 is 0 Å². The molecule has 0 amide bonds. The zero-order valence-electron chi connectivity index (χ0n) is 20.9. The first kappa shape index (κ1) is 30.5. The first-order chi connectivity index (χ1) is 18.3. The van der Waals surface area contributed by atoms with Gasteiger partial charge in [0.25, 0.3) is 0 Å². The summed E-state index contributed by atoms with van der Waals surface area (Å²) < 4.78 is 0. The lowest BCUT2D eigenvalue weighted by Gasteiger charge is -2.17. The van der Waals surface area contributed by atoms with Crippen LogP contribution in [0.4, 0.5) is 0 Å². The number of unbranched alkanes of at least 4 members (excludes halogenated alkanes) is 6. The summed E-state index contributed by atoms with van der Waals surface area (Å²) in [6.45, 7) is 4.37. The highest BCUT2D eigenvalue weighted by molar-refractivity contribution is 7.15. The molecule has 0 saturated carbocycles. The summed E-state index contributed by atoms with van der Waals surface area (Å²) in [4.78, 5) is 0. The van der Waals surface area contributed by atoms with Gasteiger partial charge in [0.15, 0.2) is 10.0 Å². The number of benzene rings is 2. The van der Waals surface area contributed by atoms with Crippen molar-refractivity contribution in [1.29, 1.82) is 0 Å². The van der Waals surface area contributed by atoms with Crippen LogP contribution in [0.3, 0.4) is 0 Å². The van der Waals surface area contributed by atoms with Gasteiger partial charge in [0.05, 0.1) is 41.3 Å². The normalized spacial score (nSPS) is 11.7. The van der Waals surface area contributed by atoms with Crippen molar-refractivity contribution in [3.8, 4) is 21.1 Å². The molecule has 0 aliphatic carbocycles. The minimum absolute atomic E-state index is 0.217. The number of halogens is 6. The molecular weight excluding hydrogens is 645 g/mol. The topological polar surface area (TPSA) is 51.6 Å². The van der Waals surface area contributed by atoms with Crippen LogP contribution in [0.2, 0.25) is 30.1 Å². The van der Waals surface area contributed by atoms with Crippen molar-refractivity contribution in [3.05, 3.63) is 40.2 Å². The van der Waals surface area contributed by atoms with Crippen molar-refractivity contribution in [2.75, 3.05) is 0 Å². The SMILES string of the molecule is CCCCCCc1nnc(-c2c(Cl)c(Cl)c3c(Cl)c(-c4nnc(CCCCCC)s4)c(Cl)c(Cl)c3c2Cl)s1. The van der Waals surface area contributed by atoms with Gasteiger partial charge in [-0.15, -0.1) is 20.4 Å². The Morgan fingerprint density at radius 1 is 0.474 bits per heavy atom. The van der Waals surface area contributed by atoms with Crippen LogP contribution in [-0.2, 0) is 12.8 Å². The van der Waals surface area contributed by atoms with E-state index in [0.717, 1.165) is 48.5 Å². The van der Waals surface area contributed by atoms with Crippen molar-refractivity contribution < 1.29 is 0 Å². The maximum absolute atomic E-state index is 6.91. The molecule has 0 atom stereocenters. The Morgan fingerprint density at radius 2 is 0.868 bits per heavy atom. The van der Waals surface area contributed by atoms with Crippen LogP contribution < -0.4 is 0 Å². The first-order valence-electron chi connectivity index (χ1n) is 12.6. The van der Waals surface area contributed by atoms with Gasteiger partial charge >= 0.3 is 0 Å². The van der Waals surface area contributed by atoms with Gasteiger partial charge in [0.1, 0.15) is 10.0 Å². The molecule has 12 heteroatoms. The highest BCUT2D eigenvalue weighted by atomic mass is 35.5. The van der Waals surface area contributed by atoms with E-state index in [4.69, 9.17) is 69.6 Å². The maximum Gasteiger partial charge on any atom is 0.150 e. The summed E-state index contributed by atoms with van der Waals surface area (Å²) in [5, 5.41) is 22.6. The third-order valence-corrected chi connectivity index (χ3v) is 10.7. The molecule has 4 rings (SSSR count). The first-order valence-corrected chi connectivity index (χ1v) is 16.5. The fourth-order valence-corrected chi connectivity index (χ4v) is 8.37. The van der Waals surface area contributed by atoms with Gasteiger partial charge in [-0.2, -0.15) is 0 Å². The monoisotopic (exact) mass is 668 g/mol. The minimum atomic E-state index is 0.217. The van der Waals surface area contributed by atoms with Crippen LogP contribution in [-0.4, -0.2) is 20.4 Å².